The Morgan fingerprint density at radius 3 is 2.63 bits per heavy atom. The fourth-order valence-electron chi connectivity index (χ4n) is 2.85. The smallest absolute Gasteiger partial charge is 0.383 e. The average molecular weight is 413 g/mol. The van der Waals surface area contributed by atoms with Crippen molar-refractivity contribution in [2.24, 2.45) is 0 Å². The molecule has 0 fully saturated rings. The summed E-state index contributed by atoms with van der Waals surface area (Å²) in [5.74, 6) is 0.196. The molecule has 0 radical (unpaired) electrons. The molecule has 5 nitrogen and oxygen atoms in total. The number of allylic oxidation sites excluding steroid dienone is 4. The minimum Gasteiger partial charge on any atom is -0.504 e. The molecule has 0 aliphatic carbocycles. The number of aromatic hydroxyl groups is 1. The Labute approximate surface area is 178 Å². The van der Waals surface area contributed by atoms with Gasteiger partial charge in [-0.3, -0.25) is 0 Å². The van der Waals surface area contributed by atoms with Crippen LogP contribution in [0.3, 0.4) is 0 Å². The van der Waals surface area contributed by atoms with Crippen molar-refractivity contribution in [2.45, 2.75) is 53.4 Å². The van der Waals surface area contributed by atoms with Crippen LogP contribution >= 0.6 is 0 Å². The standard InChI is InChI=1S/C25H32O5/c1-5-6-7-8-15-28-20-12-13-21-22(17-20)30-25(27)24(23(21)26)29-16-14-19(4)11-9-10-18(2)3/h6-7,10,12-14,17,26H,5,8-9,11,15-16H2,1-4H3. The van der Waals surface area contributed by atoms with E-state index in [0.717, 1.165) is 31.3 Å². The summed E-state index contributed by atoms with van der Waals surface area (Å²) in [6, 6.07) is 5.01. The third-order valence-corrected chi connectivity index (χ3v) is 4.52. The first-order valence-electron chi connectivity index (χ1n) is 10.4. The topological polar surface area (TPSA) is 68.9 Å². The minimum absolute atomic E-state index is 0.172. The fourth-order valence-corrected chi connectivity index (χ4v) is 2.85. The Morgan fingerprint density at radius 2 is 1.90 bits per heavy atom. The molecular formula is C25H32O5. The largest absolute Gasteiger partial charge is 0.504 e. The maximum absolute atomic E-state index is 12.3. The van der Waals surface area contributed by atoms with E-state index in [0.29, 0.717) is 17.7 Å². The number of fused-ring (bicyclic) bond motifs is 1. The van der Waals surface area contributed by atoms with Crippen LogP contribution in [0.5, 0.6) is 17.2 Å². The summed E-state index contributed by atoms with van der Waals surface area (Å²) in [5, 5.41) is 10.9. The molecule has 0 bridgehead atoms. The second kappa shape index (κ2) is 11.9. The molecule has 5 heteroatoms. The van der Waals surface area contributed by atoms with Crippen molar-refractivity contribution in [1.29, 1.82) is 0 Å². The molecule has 0 aliphatic heterocycles. The van der Waals surface area contributed by atoms with E-state index in [2.05, 4.69) is 39.0 Å². The third-order valence-electron chi connectivity index (χ3n) is 4.52. The summed E-state index contributed by atoms with van der Waals surface area (Å²) >= 11 is 0. The molecule has 0 aliphatic rings. The SMILES string of the molecule is CCC=CCCOc1ccc2c(O)c(OCC=C(C)CCC=C(C)C)c(=O)oc2c1. The highest BCUT2D eigenvalue weighted by molar-refractivity contribution is 5.86. The average Bonchev–Trinajstić information content (AvgIpc) is 2.70. The van der Waals surface area contributed by atoms with Crippen molar-refractivity contribution in [3.8, 4) is 17.2 Å². The summed E-state index contributed by atoms with van der Waals surface area (Å²) in [4.78, 5) is 12.3. The van der Waals surface area contributed by atoms with Crippen LogP contribution in [-0.2, 0) is 0 Å². The zero-order chi connectivity index (χ0) is 21.9. The van der Waals surface area contributed by atoms with Crippen LogP contribution in [0.15, 0.2) is 62.9 Å². The Bertz CT molecular complexity index is 975. The van der Waals surface area contributed by atoms with Crippen LogP contribution in [0.4, 0.5) is 0 Å². The number of benzene rings is 1. The second-order valence-electron chi connectivity index (χ2n) is 7.42. The van der Waals surface area contributed by atoms with Crippen molar-refractivity contribution >= 4 is 11.0 Å². The Balaban J connectivity index is 2.06. The molecule has 0 unspecified atom stereocenters. The highest BCUT2D eigenvalue weighted by Crippen LogP contribution is 2.33. The van der Waals surface area contributed by atoms with Gasteiger partial charge in [-0.15, -0.1) is 0 Å². The zero-order valence-electron chi connectivity index (χ0n) is 18.4. The van der Waals surface area contributed by atoms with Gasteiger partial charge in [0.05, 0.1) is 12.0 Å². The van der Waals surface area contributed by atoms with Crippen molar-refractivity contribution in [3.05, 3.63) is 64.1 Å². The lowest BCUT2D eigenvalue weighted by molar-refractivity contribution is 0.315. The Kier molecular flexibility index (Phi) is 9.26. The van der Waals surface area contributed by atoms with Crippen LogP contribution in [0.1, 0.15) is 53.4 Å². The maximum Gasteiger partial charge on any atom is 0.383 e. The molecule has 0 atom stereocenters. The van der Waals surface area contributed by atoms with E-state index in [4.69, 9.17) is 13.9 Å². The van der Waals surface area contributed by atoms with Gasteiger partial charge in [0, 0.05) is 6.07 Å². The van der Waals surface area contributed by atoms with E-state index in [1.54, 1.807) is 18.2 Å². The number of ether oxygens (including phenoxy) is 2. The van der Waals surface area contributed by atoms with Crippen molar-refractivity contribution < 1.29 is 19.0 Å². The van der Waals surface area contributed by atoms with Crippen molar-refractivity contribution in [3.63, 3.8) is 0 Å². The molecule has 1 aromatic carbocycles. The normalized spacial score (nSPS) is 11.8. The van der Waals surface area contributed by atoms with E-state index < -0.39 is 5.63 Å². The molecule has 0 saturated heterocycles. The lowest BCUT2D eigenvalue weighted by atomic mass is 10.1. The van der Waals surface area contributed by atoms with Gasteiger partial charge in [-0.2, -0.15) is 0 Å². The molecule has 0 amide bonds. The number of hydrogen-bond acceptors (Lipinski definition) is 5. The monoisotopic (exact) mass is 412 g/mol. The molecule has 30 heavy (non-hydrogen) atoms. The fraction of sp³-hybridized carbons (Fsp3) is 0.400. The van der Waals surface area contributed by atoms with Gasteiger partial charge in [-0.1, -0.05) is 36.3 Å². The summed E-state index contributed by atoms with van der Waals surface area (Å²) in [7, 11) is 0. The summed E-state index contributed by atoms with van der Waals surface area (Å²) in [6.07, 6.45) is 11.9. The van der Waals surface area contributed by atoms with Gasteiger partial charge in [0.2, 0.25) is 5.75 Å². The van der Waals surface area contributed by atoms with E-state index in [-0.39, 0.29) is 23.7 Å². The first-order valence-corrected chi connectivity index (χ1v) is 10.4. The predicted molar refractivity (Wildman–Crippen MR) is 122 cm³/mol. The maximum atomic E-state index is 12.3. The molecule has 1 heterocycles. The van der Waals surface area contributed by atoms with Gasteiger partial charge in [-0.05, 0) is 64.7 Å². The van der Waals surface area contributed by atoms with Crippen molar-refractivity contribution in [1.82, 2.24) is 0 Å². The van der Waals surface area contributed by atoms with Gasteiger partial charge in [-0.25, -0.2) is 4.79 Å². The molecular weight excluding hydrogens is 380 g/mol. The van der Waals surface area contributed by atoms with Crippen LogP contribution in [0.2, 0.25) is 0 Å². The molecule has 0 saturated carbocycles. The van der Waals surface area contributed by atoms with E-state index in [1.165, 1.54) is 5.57 Å². The molecule has 2 rings (SSSR count). The molecule has 162 valence electrons. The second-order valence-corrected chi connectivity index (χ2v) is 7.42. The Morgan fingerprint density at radius 1 is 1.10 bits per heavy atom. The van der Waals surface area contributed by atoms with E-state index in [1.807, 2.05) is 13.0 Å². The first kappa shape index (κ1) is 23.3. The third kappa shape index (κ3) is 7.14. The van der Waals surface area contributed by atoms with Crippen LogP contribution in [-0.4, -0.2) is 18.3 Å². The first-order chi connectivity index (χ1) is 14.4. The van der Waals surface area contributed by atoms with Crippen LogP contribution in [0, 0.1) is 0 Å². The van der Waals surface area contributed by atoms with Crippen LogP contribution < -0.4 is 15.1 Å². The van der Waals surface area contributed by atoms with Crippen molar-refractivity contribution in [2.75, 3.05) is 13.2 Å². The molecule has 0 spiro atoms. The predicted octanol–water partition coefficient (Wildman–Crippen LogP) is 6.31. The van der Waals surface area contributed by atoms with Crippen LogP contribution in [0.25, 0.3) is 11.0 Å². The van der Waals surface area contributed by atoms with Gasteiger partial charge < -0.3 is 19.0 Å². The highest BCUT2D eigenvalue weighted by atomic mass is 16.5. The van der Waals surface area contributed by atoms with Gasteiger partial charge in [0.1, 0.15) is 17.9 Å². The van der Waals surface area contributed by atoms with E-state index in [9.17, 15) is 9.90 Å². The lowest BCUT2D eigenvalue weighted by Gasteiger charge is -2.09. The quantitative estimate of drug-likeness (QED) is 0.266. The molecule has 1 N–H and O–H groups in total. The number of rotatable bonds is 11. The van der Waals surface area contributed by atoms with Gasteiger partial charge in [0.15, 0.2) is 5.75 Å². The zero-order valence-corrected chi connectivity index (χ0v) is 18.4. The lowest BCUT2D eigenvalue weighted by Crippen LogP contribution is -2.08. The van der Waals surface area contributed by atoms with E-state index >= 15 is 0 Å². The summed E-state index contributed by atoms with van der Waals surface area (Å²) < 4.78 is 16.5. The highest BCUT2D eigenvalue weighted by Gasteiger charge is 2.15. The minimum atomic E-state index is -0.710. The summed E-state index contributed by atoms with van der Waals surface area (Å²) in [5.41, 5.74) is 2.01. The Hall–Kier alpha value is -2.95. The number of hydrogen-bond donors (Lipinski definition) is 1. The summed E-state index contributed by atoms with van der Waals surface area (Å²) in [6.45, 7) is 8.96. The van der Waals surface area contributed by atoms with Gasteiger partial charge in [0.25, 0.3) is 0 Å². The molecule has 2 aromatic rings. The molecule has 1 aromatic heterocycles. The van der Waals surface area contributed by atoms with Gasteiger partial charge >= 0.3 is 5.63 Å².